The first-order valence-corrected chi connectivity index (χ1v) is 8.96. The Kier molecular flexibility index (Phi) is 6.21. The number of pyridine rings is 1. The molecule has 0 saturated heterocycles. The van der Waals surface area contributed by atoms with Crippen molar-refractivity contribution in [2.45, 2.75) is 25.4 Å². The molecule has 0 aliphatic heterocycles. The molecule has 28 heavy (non-hydrogen) atoms. The summed E-state index contributed by atoms with van der Waals surface area (Å²) < 4.78 is 10.7. The summed E-state index contributed by atoms with van der Waals surface area (Å²) in [4.78, 5) is 30.7. The van der Waals surface area contributed by atoms with Crippen molar-refractivity contribution in [2.24, 2.45) is 0 Å². The molecule has 0 radical (unpaired) electrons. The minimum atomic E-state index is -0.275. The predicted molar refractivity (Wildman–Crippen MR) is 104 cm³/mol. The number of aromatic nitrogens is 2. The number of ether oxygens (including phenoxy) is 1. The molecule has 2 amide bonds. The van der Waals surface area contributed by atoms with Gasteiger partial charge in [-0.15, -0.1) is 0 Å². The molecule has 3 aromatic rings. The number of benzene rings is 1. The Hall–Kier alpha value is -3.42. The van der Waals surface area contributed by atoms with E-state index in [0.717, 1.165) is 16.7 Å². The smallest absolute Gasteiger partial charge is 0.301 e. The van der Waals surface area contributed by atoms with Crippen LogP contribution >= 0.6 is 0 Å². The Labute approximate surface area is 162 Å². The number of hydrogen-bond acceptors (Lipinski definition) is 6. The van der Waals surface area contributed by atoms with Crippen molar-refractivity contribution in [3.8, 4) is 5.75 Å². The Balaban J connectivity index is 0.000000163. The number of nitrogens with one attached hydrogen (secondary N) is 1. The summed E-state index contributed by atoms with van der Waals surface area (Å²) in [6.45, 7) is 0. The lowest BCUT2D eigenvalue weighted by Crippen LogP contribution is -2.24. The molecule has 2 aromatic heterocycles. The lowest BCUT2D eigenvalue weighted by atomic mass is 9.96. The molecule has 2 heterocycles. The van der Waals surface area contributed by atoms with Crippen LogP contribution in [0.25, 0.3) is 10.9 Å². The molecular weight excluding hydrogens is 360 g/mol. The van der Waals surface area contributed by atoms with Gasteiger partial charge in [0.25, 0.3) is 5.91 Å². The number of oxazole rings is 1. The van der Waals surface area contributed by atoms with Gasteiger partial charge < -0.3 is 14.1 Å². The highest BCUT2D eigenvalue weighted by Crippen LogP contribution is 2.29. The number of nitrogens with zero attached hydrogens (tertiary/aromatic N) is 3. The van der Waals surface area contributed by atoms with E-state index in [1.54, 1.807) is 14.1 Å². The van der Waals surface area contributed by atoms with E-state index in [0.29, 0.717) is 12.5 Å². The fourth-order valence-electron chi connectivity index (χ4n) is 2.56. The van der Waals surface area contributed by atoms with Crippen LogP contribution in [0.1, 0.15) is 29.8 Å². The Bertz CT molecular complexity index is 945. The molecule has 1 aliphatic carbocycles. The van der Waals surface area contributed by atoms with Crippen LogP contribution in [0.4, 0.5) is 6.01 Å². The van der Waals surface area contributed by atoms with E-state index in [1.807, 2.05) is 24.4 Å². The molecule has 4 rings (SSSR count). The second-order valence-corrected chi connectivity index (χ2v) is 6.50. The SMILES string of the molecule is CN(C)C(=O)c1coc(NC=O)n1.c1cnc2c(OC3CCC3)cccc2c1. The predicted octanol–water partition coefficient (Wildman–Crippen LogP) is 3.11. The largest absolute Gasteiger partial charge is 0.488 e. The molecule has 146 valence electrons. The summed E-state index contributed by atoms with van der Waals surface area (Å²) in [6.07, 6.45) is 7.51. The zero-order valence-corrected chi connectivity index (χ0v) is 15.8. The number of carbonyl (C=O) groups is 2. The summed E-state index contributed by atoms with van der Waals surface area (Å²) in [5.74, 6) is 0.653. The lowest BCUT2D eigenvalue weighted by molar-refractivity contribution is -0.105. The van der Waals surface area contributed by atoms with E-state index in [-0.39, 0.29) is 17.6 Å². The maximum Gasteiger partial charge on any atom is 0.301 e. The molecule has 1 N–H and O–H groups in total. The van der Waals surface area contributed by atoms with E-state index in [9.17, 15) is 9.59 Å². The van der Waals surface area contributed by atoms with Crippen molar-refractivity contribution in [2.75, 3.05) is 19.4 Å². The standard InChI is InChI=1S/C13H13NO.C7H9N3O3/c1-4-10-5-3-9-14-13(10)12(8-1)15-11-6-2-7-11;1-10(2)6(12)5-3-13-7(9-5)8-4-11/h1,3-5,8-9,11H,2,6-7H2;3-4H,1-2H3,(H,8,9,11). The molecule has 0 bridgehead atoms. The van der Waals surface area contributed by atoms with Crippen LogP contribution in [0.15, 0.2) is 47.2 Å². The van der Waals surface area contributed by atoms with Crippen molar-refractivity contribution >= 4 is 29.2 Å². The molecule has 0 spiro atoms. The summed E-state index contributed by atoms with van der Waals surface area (Å²) in [7, 11) is 3.20. The van der Waals surface area contributed by atoms with Crippen molar-refractivity contribution in [3.63, 3.8) is 0 Å². The van der Waals surface area contributed by atoms with E-state index in [1.165, 1.54) is 30.4 Å². The summed E-state index contributed by atoms with van der Waals surface area (Å²) in [6, 6.07) is 10.1. The molecule has 1 saturated carbocycles. The number of fused-ring (bicyclic) bond motifs is 1. The number of para-hydroxylation sites is 1. The van der Waals surface area contributed by atoms with Gasteiger partial charge in [0.1, 0.15) is 17.5 Å². The highest BCUT2D eigenvalue weighted by atomic mass is 16.5. The van der Waals surface area contributed by atoms with Gasteiger partial charge in [-0.05, 0) is 31.4 Å². The Morgan fingerprint density at radius 2 is 2.07 bits per heavy atom. The molecule has 8 heteroatoms. The van der Waals surface area contributed by atoms with Gasteiger partial charge in [-0.1, -0.05) is 18.2 Å². The summed E-state index contributed by atoms with van der Waals surface area (Å²) in [5.41, 5.74) is 1.14. The minimum absolute atomic E-state index is 0.0141. The number of amides is 2. The van der Waals surface area contributed by atoms with Gasteiger partial charge >= 0.3 is 6.01 Å². The lowest BCUT2D eigenvalue weighted by Gasteiger charge is -2.26. The average Bonchev–Trinajstić information content (AvgIpc) is 3.13. The van der Waals surface area contributed by atoms with Gasteiger partial charge in [0, 0.05) is 25.7 Å². The zero-order valence-electron chi connectivity index (χ0n) is 15.8. The van der Waals surface area contributed by atoms with E-state index in [2.05, 4.69) is 27.4 Å². The third-order valence-electron chi connectivity index (χ3n) is 4.25. The van der Waals surface area contributed by atoms with Crippen LogP contribution in [-0.4, -0.2) is 47.4 Å². The topological polar surface area (TPSA) is 97.6 Å². The molecule has 1 aliphatic rings. The molecule has 8 nitrogen and oxygen atoms in total. The van der Waals surface area contributed by atoms with Crippen molar-refractivity contribution in [1.82, 2.24) is 14.9 Å². The second-order valence-electron chi connectivity index (χ2n) is 6.50. The molecule has 1 aromatic carbocycles. The van der Waals surface area contributed by atoms with Gasteiger partial charge in [-0.3, -0.25) is 19.9 Å². The van der Waals surface area contributed by atoms with Crippen molar-refractivity contribution < 1.29 is 18.7 Å². The van der Waals surface area contributed by atoms with Gasteiger partial charge in [0.05, 0.1) is 6.10 Å². The highest BCUT2D eigenvalue weighted by molar-refractivity contribution is 5.92. The normalized spacial score (nSPS) is 13.1. The van der Waals surface area contributed by atoms with Crippen LogP contribution < -0.4 is 10.1 Å². The summed E-state index contributed by atoms with van der Waals surface area (Å²) in [5, 5.41) is 3.34. The van der Waals surface area contributed by atoms with E-state index >= 15 is 0 Å². The van der Waals surface area contributed by atoms with Crippen LogP contribution in [0, 0.1) is 0 Å². The summed E-state index contributed by atoms with van der Waals surface area (Å²) >= 11 is 0. The third-order valence-corrected chi connectivity index (χ3v) is 4.25. The van der Waals surface area contributed by atoms with E-state index in [4.69, 9.17) is 9.15 Å². The zero-order chi connectivity index (χ0) is 19.9. The molecule has 1 fully saturated rings. The van der Waals surface area contributed by atoms with Crippen LogP contribution in [-0.2, 0) is 4.79 Å². The Morgan fingerprint density at radius 3 is 2.75 bits per heavy atom. The maximum absolute atomic E-state index is 11.2. The first-order valence-electron chi connectivity index (χ1n) is 8.96. The van der Waals surface area contributed by atoms with Crippen LogP contribution in [0.2, 0.25) is 0 Å². The van der Waals surface area contributed by atoms with Crippen molar-refractivity contribution in [1.29, 1.82) is 0 Å². The fraction of sp³-hybridized carbons (Fsp3) is 0.300. The molecular formula is C20H22N4O4. The van der Waals surface area contributed by atoms with Gasteiger partial charge in [0.2, 0.25) is 6.41 Å². The second kappa shape index (κ2) is 8.98. The Morgan fingerprint density at radius 1 is 1.29 bits per heavy atom. The fourth-order valence-corrected chi connectivity index (χ4v) is 2.56. The van der Waals surface area contributed by atoms with Crippen molar-refractivity contribution in [3.05, 3.63) is 48.5 Å². The van der Waals surface area contributed by atoms with Crippen LogP contribution in [0.5, 0.6) is 5.75 Å². The first kappa shape index (κ1) is 19.3. The van der Waals surface area contributed by atoms with E-state index < -0.39 is 0 Å². The molecule has 0 unspecified atom stereocenters. The van der Waals surface area contributed by atoms with Gasteiger partial charge in [-0.2, -0.15) is 4.98 Å². The number of carbonyl (C=O) groups excluding carboxylic acids is 2. The maximum atomic E-state index is 11.2. The van der Waals surface area contributed by atoms with Crippen LogP contribution in [0.3, 0.4) is 0 Å². The minimum Gasteiger partial charge on any atom is -0.488 e. The highest BCUT2D eigenvalue weighted by Gasteiger charge is 2.20. The third kappa shape index (κ3) is 4.64. The molecule has 0 atom stereocenters. The van der Waals surface area contributed by atoms with Gasteiger partial charge in [0.15, 0.2) is 5.69 Å². The van der Waals surface area contributed by atoms with Gasteiger partial charge in [-0.25, -0.2) is 0 Å². The number of hydrogen-bond donors (Lipinski definition) is 1. The first-order chi connectivity index (χ1) is 13.6. The average molecular weight is 382 g/mol. The number of rotatable bonds is 5. The monoisotopic (exact) mass is 382 g/mol. The quantitative estimate of drug-likeness (QED) is 0.681. The number of anilines is 1.